The van der Waals surface area contributed by atoms with Crippen molar-refractivity contribution in [2.24, 2.45) is 5.92 Å². The third-order valence-corrected chi connectivity index (χ3v) is 6.63. The van der Waals surface area contributed by atoms with Crippen LogP contribution in [0.4, 0.5) is 5.69 Å². The normalized spacial score (nSPS) is 16.0. The monoisotopic (exact) mass is 478 g/mol. The van der Waals surface area contributed by atoms with Crippen molar-refractivity contribution in [3.05, 3.63) is 77.4 Å². The highest BCUT2D eigenvalue weighted by Gasteiger charge is 2.21. The van der Waals surface area contributed by atoms with Crippen LogP contribution in [0.25, 0.3) is 0 Å². The number of hydrogen-bond donors (Lipinski definition) is 2. The number of nitrogens with zero attached hydrogens (tertiary/aromatic N) is 2. The summed E-state index contributed by atoms with van der Waals surface area (Å²) in [6.07, 6.45) is 6.34. The van der Waals surface area contributed by atoms with Crippen LogP contribution in [0.5, 0.6) is 0 Å². The first kappa shape index (κ1) is 26.2. The Balaban J connectivity index is 0.000000371. The van der Waals surface area contributed by atoms with Crippen LogP contribution >= 0.6 is 0 Å². The zero-order valence-electron chi connectivity index (χ0n) is 20.2. The van der Waals surface area contributed by atoms with E-state index in [0.717, 1.165) is 44.6 Å². The summed E-state index contributed by atoms with van der Waals surface area (Å²) in [6, 6.07) is 17.0. The molecule has 2 aromatic rings. The van der Waals surface area contributed by atoms with Crippen molar-refractivity contribution >= 4 is 23.4 Å². The van der Waals surface area contributed by atoms with E-state index < -0.39 is 11.9 Å². The van der Waals surface area contributed by atoms with Gasteiger partial charge in [-0.15, -0.1) is 0 Å². The number of likely N-dealkylation sites (N-methyl/N-ethyl adjacent to an activating group) is 1. The Hall–Kier alpha value is -3.45. The molecule has 0 spiro atoms. The third-order valence-electron chi connectivity index (χ3n) is 6.63. The summed E-state index contributed by atoms with van der Waals surface area (Å²) in [7, 11) is 2.12. The van der Waals surface area contributed by atoms with Crippen molar-refractivity contribution in [2.75, 3.05) is 31.6 Å². The van der Waals surface area contributed by atoms with Crippen LogP contribution in [-0.4, -0.2) is 59.5 Å². The molecule has 2 N–H and O–H groups in total. The van der Waals surface area contributed by atoms with Crippen LogP contribution in [-0.2, 0) is 22.6 Å². The highest BCUT2D eigenvalue weighted by atomic mass is 16.4. The van der Waals surface area contributed by atoms with Gasteiger partial charge in [0.25, 0.3) is 0 Å². The minimum absolute atomic E-state index is 0.319. The van der Waals surface area contributed by atoms with Crippen LogP contribution in [0.1, 0.15) is 47.2 Å². The SMILES string of the molecule is CN1CCc2cc(C(=O)CCC3CCN(Cc4ccccc4)CC3)ccc21.O=C(O)/C=C/C(=O)O. The van der Waals surface area contributed by atoms with E-state index in [9.17, 15) is 14.4 Å². The topological polar surface area (TPSA) is 98.2 Å². The highest BCUT2D eigenvalue weighted by Crippen LogP contribution is 2.29. The molecule has 0 saturated carbocycles. The fourth-order valence-electron chi connectivity index (χ4n) is 4.64. The number of ketones is 1. The maximum atomic E-state index is 12.7. The Morgan fingerprint density at radius 3 is 2.23 bits per heavy atom. The van der Waals surface area contributed by atoms with Crippen LogP contribution < -0.4 is 4.90 Å². The van der Waals surface area contributed by atoms with Crippen LogP contribution in [0.3, 0.4) is 0 Å². The Morgan fingerprint density at radius 1 is 0.943 bits per heavy atom. The largest absolute Gasteiger partial charge is 0.478 e. The summed E-state index contributed by atoms with van der Waals surface area (Å²) < 4.78 is 0. The zero-order chi connectivity index (χ0) is 25.2. The van der Waals surface area contributed by atoms with Crippen molar-refractivity contribution < 1.29 is 24.6 Å². The summed E-state index contributed by atoms with van der Waals surface area (Å²) in [6.45, 7) is 4.42. The van der Waals surface area contributed by atoms with Gasteiger partial charge in [0.2, 0.25) is 0 Å². The Bertz CT molecular complexity index is 1030. The van der Waals surface area contributed by atoms with E-state index in [4.69, 9.17) is 10.2 Å². The van der Waals surface area contributed by atoms with E-state index in [2.05, 4.69) is 59.3 Å². The summed E-state index contributed by atoms with van der Waals surface area (Å²) in [5.41, 5.74) is 4.92. The molecule has 4 rings (SSSR count). The molecule has 0 bridgehead atoms. The molecule has 2 aliphatic heterocycles. The van der Waals surface area contributed by atoms with Crippen LogP contribution in [0.2, 0.25) is 0 Å². The van der Waals surface area contributed by atoms with Gasteiger partial charge in [0.05, 0.1) is 0 Å². The molecule has 7 nitrogen and oxygen atoms in total. The number of fused-ring (bicyclic) bond motifs is 1. The second kappa shape index (κ2) is 12.9. The fraction of sp³-hybridized carbons (Fsp3) is 0.393. The molecule has 0 unspecified atom stereocenters. The molecule has 2 aliphatic rings. The van der Waals surface area contributed by atoms with Crippen LogP contribution in [0, 0.1) is 5.92 Å². The first-order valence-electron chi connectivity index (χ1n) is 12.1. The lowest BCUT2D eigenvalue weighted by molar-refractivity contribution is -0.134. The molecule has 0 aliphatic carbocycles. The standard InChI is InChI=1S/C24H30N2O.C4H4O4/c1-25-14-13-21-17-22(8-9-23(21)25)24(27)10-7-19-11-15-26(16-12-19)18-20-5-3-2-4-6-20;5-3(6)1-2-4(7)8/h2-6,8-9,17,19H,7,10-16,18H2,1H3;1-2H,(H,5,6)(H,7,8)/b;2-1+. The second-order valence-corrected chi connectivity index (χ2v) is 9.19. The van der Waals surface area contributed by atoms with Gasteiger partial charge in [0.15, 0.2) is 5.78 Å². The lowest BCUT2D eigenvalue weighted by Gasteiger charge is -2.32. The molecule has 0 radical (unpaired) electrons. The molecule has 0 aromatic heterocycles. The predicted octanol–water partition coefficient (Wildman–Crippen LogP) is 4.27. The molecular formula is C28H34N2O5. The number of anilines is 1. The summed E-state index contributed by atoms with van der Waals surface area (Å²) in [5.74, 6) is -1.50. The molecule has 1 saturated heterocycles. The number of carbonyl (C=O) groups is 3. The molecular weight excluding hydrogens is 444 g/mol. The number of Topliss-reactive ketones (excluding diaryl/α,β-unsaturated/α-hetero) is 1. The van der Waals surface area contributed by atoms with Crippen molar-refractivity contribution in [3.8, 4) is 0 Å². The lowest BCUT2D eigenvalue weighted by atomic mass is 9.90. The zero-order valence-corrected chi connectivity index (χ0v) is 20.2. The number of hydrogen-bond acceptors (Lipinski definition) is 5. The minimum Gasteiger partial charge on any atom is -0.478 e. The summed E-state index contributed by atoms with van der Waals surface area (Å²) in [4.78, 5) is 36.6. The molecule has 1 fully saturated rings. The number of carboxylic acids is 2. The van der Waals surface area contributed by atoms with Gasteiger partial charge in [-0.25, -0.2) is 9.59 Å². The van der Waals surface area contributed by atoms with Gasteiger partial charge in [-0.3, -0.25) is 9.69 Å². The van der Waals surface area contributed by atoms with Gasteiger partial charge in [-0.1, -0.05) is 30.3 Å². The number of carbonyl (C=O) groups excluding carboxylic acids is 1. The van der Waals surface area contributed by atoms with E-state index in [-0.39, 0.29) is 0 Å². The van der Waals surface area contributed by atoms with E-state index in [1.165, 1.54) is 29.7 Å². The van der Waals surface area contributed by atoms with Gasteiger partial charge in [-0.2, -0.15) is 0 Å². The number of piperidine rings is 1. The average molecular weight is 479 g/mol. The van der Waals surface area contributed by atoms with Crippen molar-refractivity contribution in [2.45, 2.75) is 38.6 Å². The Kier molecular flexibility index (Phi) is 9.61. The Labute approximate surface area is 206 Å². The molecule has 186 valence electrons. The number of aliphatic carboxylic acids is 2. The van der Waals surface area contributed by atoms with Crippen molar-refractivity contribution in [1.82, 2.24) is 4.90 Å². The lowest BCUT2D eigenvalue weighted by Crippen LogP contribution is -2.33. The summed E-state index contributed by atoms with van der Waals surface area (Å²) >= 11 is 0. The maximum absolute atomic E-state index is 12.7. The van der Waals surface area contributed by atoms with Crippen LogP contribution in [0.15, 0.2) is 60.7 Å². The molecule has 7 heteroatoms. The van der Waals surface area contributed by atoms with E-state index in [1.54, 1.807) is 0 Å². The van der Waals surface area contributed by atoms with Crippen molar-refractivity contribution in [3.63, 3.8) is 0 Å². The summed E-state index contributed by atoms with van der Waals surface area (Å²) in [5, 5.41) is 15.6. The van der Waals surface area contributed by atoms with Gasteiger partial charge in [0, 0.05) is 50.0 Å². The fourth-order valence-corrected chi connectivity index (χ4v) is 4.64. The maximum Gasteiger partial charge on any atom is 0.328 e. The van der Waals surface area contributed by atoms with E-state index in [1.807, 2.05) is 6.07 Å². The van der Waals surface area contributed by atoms with Gasteiger partial charge >= 0.3 is 11.9 Å². The van der Waals surface area contributed by atoms with Crippen molar-refractivity contribution in [1.29, 1.82) is 0 Å². The number of likely N-dealkylation sites (tertiary alicyclic amines) is 1. The molecule has 2 heterocycles. The molecule has 2 aromatic carbocycles. The van der Waals surface area contributed by atoms with Gasteiger partial charge in [-0.05, 0) is 74.0 Å². The van der Waals surface area contributed by atoms with Gasteiger partial charge in [0.1, 0.15) is 0 Å². The van der Waals surface area contributed by atoms with E-state index in [0.29, 0.717) is 30.3 Å². The Morgan fingerprint density at radius 2 is 1.60 bits per heavy atom. The smallest absolute Gasteiger partial charge is 0.328 e. The average Bonchev–Trinajstić information content (AvgIpc) is 3.23. The minimum atomic E-state index is -1.26. The van der Waals surface area contributed by atoms with Gasteiger partial charge < -0.3 is 15.1 Å². The highest BCUT2D eigenvalue weighted by molar-refractivity contribution is 5.96. The first-order chi connectivity index (χ1) is 16.8. The predicted molar refractivity (Wildman–Crippen MR) is 136 cm³/mol. The van der Waals surface area contributed by atoms with E-state index >= 15 is 0 Å². The second-order valence-electron chi connectivity index (χ2n) is 9.19. The quantitative estimate of drug-likeness (QED) is 0.432. The number of rotatable bonds is 8. The number of benzene rings is 2. The first-order valence-corrected chi connectivity index (χ1v) is 12.1. The third kappa shape index (κ3) is 8.37. The molecule has 35 heavy (non-hydrogen) atoms. The molecule has 0 amide bonds. The molecule has 0 atom stereocenters. The number of carboxylic acid groups (broad SMARTS) is 2.